The Kier molecular flexibility index (Phi) is 9.00. The molecule has 0 radical (unpaired) electrons. The van der Waals surface area contributed by atoms with Crippen LogP contribution in [0, 0.1) is 6.92 Å². The van der Waals surface area contributed by atoms with Crippen molar-refractivity contribution in [1.82, 2.24) is 14.8 Å². The molecule has 0 saturated carbocycles. The van der Waals surface area contributed by atoms with Crippen LogP contribution in [0.2, 0.25) is 5.02 Å². The number of anilines is 1. The molecule has 10 nitrogen and oxygen atoms in total. The smallest absolute Gasteiger partial charge is 0.345 e. The number of nitrogens with one attached hydrogen (secondary N) is 1. The number of amides is 4. The molecule has 1 saturated heterocycles. The molecule has 1 atom stereocenters. The van der Waals surface area contributed by atoms with Crippen molar-refractivity contribution in [2.45, 2.75) is 53.1 Å². The van der Waals surface area contributed by atoms with E-state index in [1.54, 1.807) is 37.3 Å². The lowest BCUT2D eigenvalue weighted by Gasteiger charge is -2.45. The average Bonchev–Trinajstić information content (AvgIpc) is 2.82. The summed E-state index contributed by atoms with van der Waals surface area (Å²) in [5.41, 5.74) is 2.31. The fourth-order valence-corrected chi connectivity index (χ4v) is 3.85. The van der Waals surface area contributed by atoms with E-state index in [1.165, 1.54) is 4.90 Å². The van der Waals surface area contributed by atoms with Crippen LogP contribution in [0.4, 0.5) is 15.3 Å². The molecule has 11 heteroatoms. The highest BCUT2D eigenvalue weighted by Crippen LogP contribution is 2.27. The standard InChI is InChI=1S/C25H32ClN5O5/c1-5-35-22(32)12-13-29-24(33)30(15-18-6-8-19(26)9-7-18)23(31(27)25(29)34)28-20-10-11-21(17(4)14-20)36-16(2)3/h6-11,14,16,23,28H,5,12-13,15,27H2,1-4H3. The van der Waals surface area contributed by atoms with Gasteiger partial charge in [-0.3, -0.25) is 9.69 Å². The molecule has 194 valence electrons. The minimum absolute atomic E-state index is 0.0195. The second-order valence-corrected chi connectivity index (χ2v) is 9.03. The molecule has 0 aromatic heterocycles. The molecule has 1 fully saturated rings. The number of hydrazine groups is 1. The van der Waals surface area contributed by atoms with Gasteiger partial charge in [0, 0.05) is 17.3 Å². The first-order valence-corrected chi connectivity index (χ1v) is 12.1. The van der Waals surface area contributed by atoms with Gasteiger partial charge in [-0.1, -0.05) is 23.7 Å². The first kappa shape index (κ1) is 27.1. The molecule has 4 amide bonds. The summed E-state index contributed by atoms with van der Waals surface area (Å²) in [4.78, 5) is 40.7. The van der Waals surface area contributed by atoms with Gasteiger partial charge in [0.25, 0.3) is 0 Å². The molecule has 0 aliphatic carbocycles. The summed E-state index contributed by atoms with van der Waals surface area (Å²) in [7, 11) is 0. The van der Waals surface area contributed by atoms with Crippen LogP contribution in [-0.4, -0.2) is 58.4 Å². The quantitative estimate of drug-likeness (QED) is 0.274. The fourth-order valence-electron chi connectivity index (χ4n) is 3.73. The number of urea groups is 2. The third kappa shape index (κ3) is 6.58. The molecule has 3 rings (SSSR count). The number of hydrogen-bond donors (Lipinski definition) is 2. The maximum absolute atomic E-state index is 13.5. The van der Waals surface area contributed by atoms with Crippen molar-refractivity contribution in [2.75, 3.05) is 18.5 Å². The molecule has 0 spiro atoms. The summed E-state index contributed by atoms with van der Waals surface area (Å²) in [5, 5.41) is 4.69. The van der Waals surface area contributed by atoms with Gasteiger partial charge in [-0.05, 0) is 69.2 Å². The van der Waals surface area contributed by atoms with Gasteiger partial charge < -0.3 is 14.8 Å². The van der Waals surface area contributed by atoms with Crippen LogP contribution >= 0.6 is 11.6 Å². The molecule has 1 unspecified atom stereocenters. The lowest BCUT2D eigenvalue weighted by molar-refractivity contribution is -0.143. The number of benzene rings is 2. The van der Waals surface area contributed by atoms with E-state index < -0.39 is 24.3 Å². The molecule has 36 heavy (non-hydrogen) atoms. The molecular weight excluding hydrogens is 486 g/mol. The third-order valence-electron chi connectivity index (χ3n) is 5.43. The van der Waals surface area contributed by atoms with E-state index in [0.717, 1.165) is 26.8 Å². The van der Waals surface area contributed by atoms with Crippen molar-refractivity contribution in [3.63, 3.8) is 0 Å². The number of nitrogens with two attached hydrogens (primary N) is 1. The van der Waals surface area contributed by atoms with E-state index in [2.05, 4.69) is 5.32 Å². The normalized spacial score (nSPS) is 16.0. The summed E-state index contributed by atoms with van der Waals surface area (Å²) >= 11 is 6.01. The highest BCUT2D eigenvalue weighted by molar-refractivity contribution is 6.30. The van der Waals surface area contributed by atoms with E-state index in [1.807, 2.05) is 32.9 Å². The zero-order valence-corrected chi connectivity index (χ0v) is 21.6. The van der Waals surface area contributed by atoms with Crippen LogP contribution < -0.4 is 15.9 Å². The Labute approximate surface area is 215 Å². The van der Waals surface area contributed by atoms with Crippen LogP contribution in [0.25, 0.3) is 0 Å². The summed E-state index contributed by atoms with van der Waals surface area (Å²) < 4.78 is 10.7. The lowest BCUT2D eigenvalue weighted by Crippen LogP contribution is -2.70. The van der Waals surface area contributed by atoms with Crippen molar-refractivity contribution < 1.29 is 23.9 Å². The lowest BCUT2D eigenvalue weighted by atomic mass is 10.2. The summed E-state index contributed by atoms with van der Waals surface area (Å²) in [5.74, 6) is 6.44. The van der Waals surface area contributed by atoms with Gasteiger partial charge in [0.1, 0.15) is 5.75 Å². The van der Waals surface area contributed by atoms with Crippen LogP contribution in [0.5, 0.6) is 5.75 Å². The second kappa shape index (κ2) is 12.0. The van der Waals surface area contributed by atoms with Gasteiger partial charge in [0.15, 0.2) is 0 Å². The SMILES string of the molecule is CCOC(=O)CCN1C(=O)N(N)C(Nc2ccc(OC(C)C)c(C)c2)N(Cc2ccc(Cl)cc2)C1=O. The summed E-state index contributed by atoms with van der Waals surface area (Å²) in [6, 6.07) is 11.2. The molecule has 2 aromatic rings. The van der Waals surface area contributed by atoms with Gasteiger partial charge in [-0.2, -0.15) is 0 Å². The molecule has 3 N–H and O–H groups in total. The van der Waals surface area contributed by atoms with Gasteiger partial charge in [-0.15, -0.1) is 0 Å². The predicted molar refractivity (Wildman–Crippen MR) is 136 cm³/mol. The van der Waals surface area contributed by atoms with Crippen LogP contribution in [0.15, 0.2) is 42.5 Å². The Hall–Kier alpha value is -3.50. The van der Waals surface area contributed by atoms with Crippen LogP contribution in [0.3, 0.4) is 0 Å². The monoisotopic (exact) mass is 517 g/mol. The molecule has 2 aromatic carbocycles. The van der Waals surface area contributed by atoms with Crippen molar-refractivity contribution in [1.29, 1.82) is 0 Å². The number of aryl methyl sites for hydroxylation is 1. The van der Waals surface area contributed by atoms with E-state index in [-0.39, 0.29) is 32.2 Å². The van der Waals surface area contributed by atoms with Crippen molar-refractivity contribution in [3.8, 4) is 5.75 Å². The highest BCUT2D eigenvalue weighted by Gasteiger charge is 2.43. The molecule has 0 bridgehead atoms. The van der Waals surface area contributed by atoms with E-state index in [9.17, 15) is 14.4 Å². The highest BCUT2D eigenvalue weighted by atomic mass is 35.5. The number of halogens is 1. The Bertz CT molecular complexity index is 1090. The Morgan fingerprint density at radius 3 is 2.44 bits per heavy atom. The Morgan fingerprint density at radius 1 is 1.14 bits per heavy atom. The first-order valence-electron chi connectivity index (χ1n) is 11.7. The van der Waals surface area contributed by atoms with E-state index in [0.29, 0.717) is 10.7 Å². The van der Waals surface area contributed by atoms with Crippen molar-refractivity contribution in [2.24, 2.45) is 5.84 Å². The number of nitrogens with zero attached hydrogens (tertiary/aromatic N) is 3. The number of ether oxygens (including phenoxy) is 2. The zero-order valence-electron chi connectivity index (χ0n) is 20.9. The largest absolute Gasteiger partial charge is 0.491 e. The minimum atomic E-state index is -0.990. The number of carbonyl (C=O) groups excluding carboxylic acids is 3. The molecular formula is C25H32ClN5O5. The number of rotatable bonds is 10. The van der Waals surface area contributed by atoms with Gasteiger partial charge >= 0.3 is 18.0 Å². The zero-order chi connectivity index (χ0) is 26.4. The first-order chi connectivity index (χ1) is 17.1. The Morgan fingerprint density at radius 2 is 1.83 bits per heavy atom. The molecule has 1 aliphatic heterocycles. The molecule has 1 heterocycles. The topological polar surface area (TPSA) is 117 Å². The number of hydrogen-bond acceptors (Lipinski definition) is 7. The third-order valence-corrected chi connectivity index (χ3v) is 5.68. The maximum Gasteiger partial charge on any atom is 0.345 e. The summed E-state index contributed by atoms with van der Waals surface area (Å²) in [6.07, 6.45) is -1.11. The van der Waals surface area contributed by atoms with Gasteiger partial charge in [0.05, 0.1) is 25.7 Å². The van der Waals surface area contributed by atoms with E-state index >= 15 is 0 Å². The predicted octanol–water partition coefficient (Wildman–Crippen LogP) is 4.32. The van der Waals surface area contributed by atoms with Gasteiger partial charge in [0.2, 0.25) is 6.29 Å². The fraction of sp³-hybridized carbons (Fsp3) is 0.400. The average molecular weight is 518 g/mol. The number of imide groups is 1. The van der Waals surface area contributed by atoms with Crippen LogP contribution in [-0.2, 0) is 16.1 Å². The minimum Gasteiger partial charge on any atom is -0.491 e. The second-order valence-electron chi connectivity index (χ2n) is 8.60. The number of esters is 1. The van der Waals surface area contributed by atoms with Crippen LogP contribution in [0.1, 0.15) is 38.3 Å². The van der Waals surface area contributed by atoms with Crippen molar-refractivity contribution >= 4 is 35.3 Å². The van der Waals surface area contributed by atoms with E-state index in [4.69, 9.17) is 26.9 Å². The number of carbonyl (C=O) groups is 3. The maximum atomic E-state index is 13.5. The van der Waals surface area contributed by atoms with Crippen molar-refractivity contribution in [3.05, 3.63) is 58.6 Å². The Balaban J connectivity index is 1.88. The van der Waals surface area contributed by atoms with Gasteiger partial charge in [-0.25, -0.2) is 25.3 Å². The summed E-state index contributed by atoms with van der Waals surface area (Å²) in [6.45, 7) is 7.66. The molecule has 1 aliphatic rings.